The number of rotatable bonds is 4. The minimum absolute atomic E-state index is 0.0738. The van der Waals surface area contributed by atoms with Crippen molar-refractivity contribution in [2.75, 3.05) is 6.61 Å². The Hall–Kier alpha value is -2.14. The van der Waals surface area contributed by atoms with Gasteiger partial charge in [-0.1, -0.05) is 0 Å². The van der Waals surface area contributed by atoms with Crippen LogP contribution in [0.4, 0.5) is 0 Å². The molecule has 0 aliphatic rings. The van der Waals surface area contributed by atoms with Gasteiger partial charge in [0.1, 0.15) is 0 Å². The van der Waals surface area contributed by atoms with Crippen molar-refractivity contribution in [1.29, 1.82) is 0 Å². The molecule has 0 aliphatic heterocycles. The van der Waals surface area contributed by atoms with E-state index in [-0.39, 0.29) is 18.6 Å². The van der Waals surface area contributed by atoms with Crippen LogP contribution in [-0.2, 0) is 0 Å². The molecule has 2 rings (SSSR count). The fourth-order valence-electron chi connectivity index (χ4n) is 2.00. The van der Waals surface area contributed by atoms with Crippen LogP contribution in [-0.4, -0.2) is 33.4 Å². The number of aryl methyl sites for hydroxylation is 2. The van der Waals surface area contributed by atoms with E-state index < -0.39 is 0 Å². The average Bonchev–Trinajstić information content (AvgIpc) is 2.77. The van der Waals surface area contributed by atoms with Crippen LogP contribution < -0.4 is 5.32 Å². The maximum atomic E-state index is 11.9. The third kappa shape index (κ3) is 3.05. The average molecular weight is 273 g/mol. The SMILES string of the molecule is Cc1cc(C)n(-c2ccc(C(=O)NC(C)CO)cc2)n1. The van der Waals surface area contributed by atoms with Gasteiger partial charge in [0.05, 0.1) is 18.0 Å². The molecule has 5 nitrogen and oxygen atoms in total. The van der Waals surface area contributed by atoms with Crippen molar-refractivity contribution in [3.05, 3.63) is 47.3 Å². The van der Waals surface area contributed by atoms with Crippen LogP contribution in [0.15, 0.2) is 30.3 Å². The zero-order valence-corrected chi connectivity index (χ0v) is 11.9. The van der Waals surface area contributed by atoms with Crippen molar-refractivity contribution < 1.29 is 9.90 Å². The number of benzene rings is 1. The Bertz CT molecular complexity index is 602. The highest BCUT2D eigenvalue weighted by Crippen LogP contribution is 2.13. The van der Waals surface area contributed by atoms with Crippen LogP contribution in [0.2, 0.25) is 0 Å². The Morgan fingerprint density at radius 1 is 1.35 bits per heavy atom. The minimum atomic E-state index is -0.252. The van der Waals surface area contributed by atoms with E-state index in [2.05, 4.69) is 10.4 Å². The first-order valence-corrected chi connectivity index (χ1v) is 6.56. The van der Waals surface area contributed by atoms with E-state index in [4.69, 9.17) is 5.11 Å². The van der Waals surface area contributed by atoms with Gasteiger partial charge < -0.3 is 10.4 Å². The number of nitrogens with zero attached hydrogens (tertiary/aromatic N) is 2. The Morgan fingerprint density at radius 2 is 2.00 bits per heavy atom. The van der Waals surface area contributed by atoms with Crippen LogP contribution in [0.5, 0.6) is 0 Å². The molecule has 2 N–H and O–H groups in total. The lowest BCUT2D eigenvalue weighted by atomic mass is 10.2. The number of hydrogen-bond acceptors (Lipinski definition) is 3. The zero-order chi connectivity index (χ0) is 14.7. The number of amides is 1. The van der Waals surface area contributed by atoms with Crippen molar-refractivity contribution in [2.45, 2.75) is 26.8 Å². The van der Waals surface area contributed by atoms with Gasteiger partial charge >= 0.3 is 0 Å². The Kier molecular flexibility index (Phi) is 4.20. The van der Waals surface area contributed by atoms with E-state index in [9.17, 15) is 4.79 Å². The number of aromatic nitrogens is 2. The van der Waals surface area contributed by atoms with Gasteiger partial charge in [-0.2, -0.15) is 5.10 Å². The van der Waals surface area contributed by atoms with Crippen LogP contribution >= 0.6 is 0 Å². The summed E-state index contributed by atoms with van der Waals surface area (Å²) in [6.45, 7) is 5.61. The molecule has 1 aromatic carbocycles. The number of carbonyl (C=O) groups excluding carboxylic acids is 1. The van der Waals surface area contributed by atoms with E-state index >= 15 is 0 Å². The molecule has 0 saturated carbocycles. The lowest BCUT2D eigenvalue weighted by Crippen LogP contribution is -2.34. The normalized spacial score (nSPS) is 12.2. The lowest BCUT2D eigenvalue weighted by molar-refractivity contribution is 0.0922. The third-order valence-electron chi connectivity index (χ3n) is 3.04. The molecule has 20 heavy (non-hydrogen) atoms. The molecule has 0 radical (unpaired) electrons. The van der Waals surface area contributed by atoms with E-state index in [1.165, 1.54) is 0 Å². The molecular weight excluding hydrogens is 254 g/mol. The fourth-order valence-corrected chi connectivity index (χ4v) is 2.00. The van der Waals surface area contributed by atoms with Gasteiger partial charge in [-0.3, -0.25) is 4.79 Å². The van der Waals surface area contributed by atoms with Gasteiger partial charge in [0, 0.05) is 17.3 Å². The predicted octanol–water partition coefficient (Wildman–Crippen LogP) is 1.60. The Morgan fingerprint density at radius 3 is 2.50 bits per heavy atom. The molecule has 0 fully saturated rings. The monoisotopic (exact) mass is 273 g/mol. The highest BCUT2D eigenvalue weighted by atomic mass is 16.3. The summed E-state index contributed by atoms with van der Waals surface area (Å²) in [5, 5.41) is 16.0. The van der Waals surface area contributed by atoms with E-state index in [0.29, 0.717) is 5.56 Å². The molecule has 0 bridgehead atoms. The number of nitrogens with one attached hydrogen (secondary N) is 1. The van der Waals surface area contributed by atoms with Crippen molar-refractivity contribution in [3.63, 3.8) is 0 Å². The fraction of sp³-hybridized carbons (Fsp3) is 0.333. The maximum Gasteiger partial charge on any atom is 0.251 e. The molecule has 0 saturated heterocycles. The molecule has 5 heteroatoms. The van der Waals surface area contributed by atoms with Gasteiger partial charge in [0.2, 0.25) is 0 Å². The summed E-state index contributed by atoms with van der Waals surface area (Å²) in [6.07, 6.45) is 0. The summed E-state index contributed by atoms with van der Waals surface area (Å²) in [7, 11) is 0. The quantitative estimate of drug-likeness (QED) is 0.889. The molecule has 1 aromatic heterocycles. The molecule has 106 valence electrons. The predicted molar refractivity (Wildman–Crippen MR) is 77.1 cm³/mol. The second kappa shape index (κ2) is 5.88. The zero-order valence-electron chi connectivity index (χ0n) is 11.9. The standard InChI is InChI=1S/C15H19N3O2/c1-10-8-12(3)18(17-10)14-6-4-13(5-7-14)15(20)16-11(2)9-19/h4-8,11,19H,9H2,1-3H3,(H,16,20). The molecule has 1 unspecified atom stereocenters. The highest BCUT2D eigenvalue weighted by molar-refractivity contribution is 5.94. The topological polar surface area (TPSA) is 67.2 Å². The van der Waals surface area contributed by atoms with Crippen LogP contribution in [0.25, 0.3) is 5.69 Å². The summed E-state index contributed by atoms with van der Waals surface area (Å²) in [5.41, 5.74) is 3.49. The summed E-state index contributed by atoms with van der Waals surface area (Å²) in [5.74, 6) is -0.188. The van der Waals surface area contributed by atoms with E-state index in [1.807, 2.05) is 36.7 Å². The summed E-state index contributed by atoms with van der Waals surface area (Å²) in [4.78, 5) is 11.9. The first-order valence-electron chi connectivity index (χ1n) is 6.56. The Labute approximate surface area is 118 Å². The van der Waals surface area contributed by atoms with Crippen LogP contribution in [0.1, 0.15) is 28.7 Å². The van der Waals surface area contributed by atoms with Gasteiger partial charge in [-0.15, -0.1) is 0 Å². The van der Waals surface area contributed by atoms with Crippen molar-refractivity contribution >= 4 is 5.91 Å². The molecule has 1 amide bonds. The van der Waals surface area contributed by atoms with Crippen LogP contribution in [0.3, 0.4) is 0 Å². The van der Waals surface area contributed by atoms with Gasteiger partial charge in [0.15, 0.2) is 0 Å². The summed E-state index contributed by atoms with van der Waals surface area (Å²) < 4.78 is 1.84. The molecule has 2 aromatic rings. The first kappa shape index (κ1) is 14.3. The number of carbonyl (C=O) groups is 1. The third-order valence-corrected chi connectivity index (χ3v) is 3.04. The second-order valence-electron chi connectivity index (χ2n) is 4.94. The first-order chi connectivity index (χ1) is 9.51. The van der Waals surface area contributed by atoms with E-state index in [0.717, 1.165) is 17.1 Å². The summed E-state index contributed by atoms with van der Waals surface area (Å²) >= 11 is 0. The lowest BCUT2D eigenvalue weighted by Gasteiger charge is -2.11. The van der Waals surface area contributed by atoms with Gasteiger partial charge in [-0.25, -0.2) is 4.68 Å². The highest BCUT2D eigenvalue weighted by Gasteiger charge is 2.10. The second-order valence-corrected chi connectivity index (χ2v) is 4.94. The van der Waals surface area contributed by atoms with Gasteiger partial charge in [-0.05, 0) is 51.1 Å². The van der Waals surface area contributed by atoms with E-state index in [1.54, 1.807) is 19.1 Å². The summed E-state index contributed by atoms with van der Waals surface area (Å²) in [6, 6.07) is 8.98. The smallest absolute Gasteiger partial charge is 0.251 e. The maximum absolute atomic E-state index is 11.9. The van der Waals surface area contributed by atoms with Crippen molar-refractivity contribution in [2.24, 2.45) is 0 Å². The van der Waals surface area contributed by atoms with Crippen molar-refractivity contribution in [1.82, 2.24) is 15.1 Å². The molecule has 0 aliphatic carbocycles. The number of aliphatic hydroxyl groups is 1. The Balaban J connectivity index is 2.18. The largest absolute Gasteiger partial charge is 0.394 e. The minimum Gasteiger partial charge on any atom is -0.394 e. The molecular formula is C15H19N3O2. The number of hydrogen-bond donors (Lipinski definition) is 2. The van der Waals surface area contributed by atoms with Crippen LogP contribution in [0, 0.1) is 13.8 Å². The number of aliphatic hydroxyl groups excluding tert-OH is 1. The molecule has 0 spiro atoms. The van der Waals surface area contributed by atoms with Crippen molar-refractivity contribution in [3.8, 4) is 5.69 Å². The molecule has 1 heterocycles. The molecule has 1 atom stereocenters. The van der Waals surface area contributed by atoms with Gasteiger partial charge in [0.25, 0.3) is 5.91 Å².